The molecule has 0 spiro atoms. The summed E-state index contributed by atoms with van der Waals surface area (Å²) in [6.07, 6.45) is 2.13. The van der Waals surface area contributed by atoms with Gasteiger partial charge in [-0.15, -0.1) is 0 Å². The van der Waals surface area contributed by atoms with Gasteiger partial charge in [0, 0.05) is 6.54 Å². The standard InChI is InChI=1S/C10H23N3O/c1-4-6-13(7-5-2)8-10(3,12)9(11)14/h4-8,12H2,1-3H3,(H2,11,14). The van der Waals surface area contributed by atoms with E-state index in [-0.39, 0.29) is 0 Å². The number of carbonyl (C=O) groups is 1. The van der Waals surface area contributed by atoms with Crippen LogP contribution in [-0.2, 0) is 4.79 Å². The smallest absolute Gasteiger partial charge is 0.238 e. The Kier molecular flexibility index (Phi) is 5.72. The van der Waals surface area contributed by atoms with E-state index in [9.17, 15) is 4.79 Å². The molecule has 1 unspecified atom stereocenters. The third kappa shape index (κ3) is 4.58. The lowest BCUT2D eigenvalue weighted by Crippen LogP contribution is -2.57. The zero-order valence-corrected chi connectivity index (χ0v) is 9.55. The first kappa shape index (κ1) is 13.4. The van der Waals surface area contributed by atoms with Gasteiger partial charge in [0.2, 0.25) is 5.91 Å². The molecule has 1 amide bonds. The van der Waals surface area contributed by atoms with Gasteiger partial charge in [0.15, 0.2) is 0 Å². The largest absolute Gasteiger partial charge is 0.368 e. The zero-order valence-electron chi connectivity index (χ0n) is 9.55. The van der Waals surface area contributed by atoms with Crippen LogP contribution in [-0.4, -0.2) is 36.0 Å². The van der Waals surface area contributed by atoms with E-state index in [1.54, 1.807) is 6.92 Å². The van der Waals surface area contributed by atoms with Crippen LogP contribution in [0, 0.1) is 0 Å². The van der Waals surface area contributed by atoms with E-state index in [1.165, 1.54) is 0 Å². The van der Waals surface area contributed by atoms with Crippen molar-refractivity contribution in [3.8, 4) is 0 Å². The number of rotatable bonds is 7. The van der Waals surface area contributed by atoms with E-state index in [4.69, 9.17) is 11.5 Å². The van der Waals surface area contributed by atoms with Crippen LogP contribution in [0.5, 0.6) is 0 Å². The maximum Gasteiger partial charge on any atom is 0.238 e. The molecule has 0 aliphatic rings. The number of amides is 1. The monoisotopic (exact) mass is 201 g/mol. The molecule has 0 fully saturated rings. The molecule has 4 heteroatoms. The van der Waals surface area contributed by atoms with Gasteiger partial charge in [-0.05, 0) is 32.9 Å². The summed E-state index contributed by atoms with van der Waals surface area (Å²) in [6, 6.07) is 0. The molecule has 84 valence electrons. The predicted octanol–water partition coefficient (Wildman–Crippen LogP) is 0.311. The lowest BCUT2D eigenvalue weighted by molar-refractivity contribution is -0.123. The highest BCUT2D eigenvalue weighted by atomic mass is 16.1. The SMILES string of the molecule is CCCN(CCC)CC(C)(N)C(N)=O. The molecule has 0 bridgehead atoms. The molecule has 0 aliphatic carbocycles. The second kappa shape index (κ2) is 5.98. The van der Waals surface area contributed by atoms with Crippen molar-refractivity contribution >= 4 is 5.91 Å². The maximum atomic E-state index is 11.0. The first-order valence-corrected chi connectivity index (χ1v) is 5.25. The molecule has 0 rings (SSSR count). The molecule has 14 heavy (non-hydrogen) atoms. The van der Waals surface area contributed by atoms with Gasteiger partial charge in [0.1, 0.15) is 5.54 Å². The normalized spacial score (nSPS) is 15.5. The maximum absolute atomic E-state index is 11.0. The van der Waals surface area contributed by atoms with Crippen molar-refractivity contribution in [1.29, 1.82) is 0 Å². The van der Waals surface area contributed by atoms with Crippen molar-refractivity contribution in [2.45, 2.75) is 39.2 Å². The third-order valence-electron chi connectivity index (χ3n) is 2.19. The summed E-state index contributed by atoms with van der Waals surface area (Å²) in [5.74, 6) is -0.435. The Morgan fingerprint density at radius 2 is 1.71 bits per heavy atom. The highest BCUT2D eigenvalue weighted by Gasteiger charge is 2.27. The summed E-state index contributed by atoms with van der Waals surface area (Å²) in [4.78, 5) is 13.2. The van der Waals surface area contributed by atoms with E-state index in [1.807, 2.05) is 0 Å². The highest BCUT2D eigenvalue weighted by Crippen LogP contribution is 2.04. The zero-order chi connectivity index (χ0) is 11.2. The quantitative estimate of drug-likeness (QED) is 0.622. The molecule has 0 saturated carbocycles. The van der Waals surface area contributed by atoms with Crippen LogP contribution in [0.15, 0.2) is 0 Å². The van der Waals surface area contributed by atoms with E-state index < -0.39 is 11.4 Å². The Labute approximate surface area is 86.6 Å². The van der Waals surface area contributed by atoms with Crippen LogP contribution < -0.4 is 11.5 Å². The van der Waals surface area contributed by atoms with Crippen molar-refractivity contribution < 1.29 is 4.79 Å². The lowest BCUT2D eigenvalue weighted by Gasteiger charge is -2.29. The van der Waals surface area contributed by atoms with Crippen LogP contribution >= 0.6 is 0 Å². The Balaban J connectivity index is 4.19. The molecule has 0 aromatic carbocycles. The van der Waals surface area contributed by atoms with Gasteiger partial charge in [0.05, 0.1) is 0 Å². The number of nitrogens with zero attached hydrogens (tertiary/aromatic N) is 1. The molecule has 0 aliphatic heterocycles. The minimum atomic E-state index is -0.912. The van der Waals surface area contributed by atoms with Crippen LogP contribution in [0.1, 0.15) is 33.6 Å². The summed E-state index contributed by atoms with van der Waals surface area (Å²) >= 11 is 0. The molecular weight excluding hydrogens is 178 g/mol. The predicted molar refractivity (Wildman–Crippen MR) is 58.8 cm³/mol. The first-order valence-electron chi connectivity index (χ1n) is 5.25. The van der Waals surface area contributed by atoms with E-state index in [0.717, 1.165) is 25.9 Å². The second-order valence-electron chi connectivity index (χ2n) is 4.06. The minimum absolute atomic E-state index is 0.435. The summed E-state index contributed by atoms with van der Waals surface area (Å²) in [6.45, 7) is 8.39. The van der Waals surface area contributed by atoms with Gasteiger partial charge < -0.3 is 16.4 Å². The molecule has 4 nitrogen and oxygen atoms in total. The van der Waals surface area contributed by atoms with Crippen LogP contribution in [0.3, 0.4) is 0 Å². The van der Waals surface area contributed by atoms with Crippen molar-refractivity contribution in [3.05, 3.63) is 0 Å². The van der Waals surface area contributed by atoms with Crippen molar-refractivity contribution in [2.75, 3.05) is 19.6 Å². The fourth-order valence-corrected chi connectivity index (χ4v) is 1.44. The van der Waals surface area contributed by atoms with E-state index in [2.05, 4.69) is 18.7 Å². The van der Waals surface area contributed by atoms with Crippen LogP contribution in [0.4, 0.5) is 0 Å². The molecule has 0 aromatic heterocycles. The number of carbonyl (C=O) groups excluding carboxylic acids is 1. The molecule has 0 aromatic rings. The highest BCUT2D eigenvalue weighted by molar-refractivity contribution is 5.84. The summed E-state index contributed by atoms with van der Waals surface area (Å²) < 4.78 is 0. The van der Waals surface area contributed by atoms with Crippen LogP contribution in [0.2, 0.25) is 0 Å². The fourth-order valence-electron chi connectivity index (χ4n) is 1.44. The first-order chi connectivity index (χ1) is 6.44. The Morgan fingerprint density at radius 3 is 2.00 bits per heavy atom. The lowest BCUT2D eigenvalue weighted by atomic mass is 10.0. The fraction of sp³-hybridized carbons (Fsp3) is 0.900. The van der Waals surface area contributed by atoms with Crippen molar-refractivity contribution in [1.82, 2.24) is 4.90 Å². The van der Waals surface area contributed by atoms with Gasteiger partial charge in [-0.3, -0.25) is 4.79 Å². The molecular formula is C10H23N3O. The number of nitrogens with two attached hydrogens (primary N) is 2. The molecule has 0 radical (unpaired) electrons. The third-order valence-corrected chi connectivity index (χ3v) is 2.19. The summed E-state index contributed by atoms with van der Waals surface area (Å²) in [5.41, 5.74) is 10.1. The molecule has 1 atom stereocenters. The Hall–Kier alpha value is -0.610. The van der Waals surface area contributed by atoms with Crippen molar-refractivity contribution in [3.63, 3.8) is 0 Å². The number of hydrogen-bond donors (Lipinski definition) is 2. The van der Waals surface area contributed by atoms with Gasteiger partial charge in [0.25, 0.3) is 0 Å². The van der Waals surface area contributed by atoms with Crippen molar-refractivity contribution in [2.24, 2.45) is 11.5 Å². The van der Waals surface area contributed by atoms with E-state index >= 15 is 0 Å². The summed E-state index contributed by atoms with van der Waals surface area (Å²) in [7, 11) is 0. The number of primary amides is 1. The second-order valence-corrected chi connectivity index (χ2v) is 4.06. The molecule has 0 saturated heterocycles. The summed E-state index contributed by atoms with van der Waals surface area (Å²) in [5, 5.41) is 0. The minimum Gasteiger partial charge on any atom is -0.368 e. The van der Waals surface area contributed by atoms with Gasteiger partial charge in [-0.1, -0.05) is 13.8 Å². The van der Waals surface area contributed by atoms with Crippen LogP contribution in [0.25, 0.3) is 0 Å². The molecule has 4 N–H and O–H groups in total. The van der Waals surface area contributed by atoms with Gasteiger partial charge >= 0.3 is 0 Å². The molecule has 0 heterocycles. The van der Waals surface area contributed by atoms with Gasteiger partial charge in [-0.25, -0.2) is 0 Å². The average molecular weight is 201 g/mol. The van der Waals surface area contributed by atoms with E-state index in [0.29, 0.717) is 6.54 Å². The average Bonchev–Trinajstić information content (AvgIpc) is 2.04. The Bertz CT molecular complexity index is 174. The Morgan fingerprint density at radius 1 is 1.29 bits per heavy atom. The van der Waals surface area contributed by atoms with Gasteiger partial charge in [-0.2, -0.15) is 0 Å². The topological polar surface area (TPSA) is 72.3 Å². The number of hydrogen-bond acceptors (Lipinski definition) is 3.